The Balaban J connectivity index is 2.54. The van der Waals surface area contributed by atoms with Crippen LogP contribution in [0.1, 0.15) is 38.5 Å². The van der Waals surface area contributed by atoms with Gasteiger partial charge in [0.15, 0.2) is 0 Å². The second-order valence-corrected chi connectivity index (χ2v) is 6.01. The number of thiophene rings is 1. The predicted molar refractivity (Wildman–Crippen MR) is 89.1 cm³/mol. The Morgan fingerprint density at radius 3 is 2.40 bits per heavy atom. The number of hydrogen-bond acceptors (Lipinski definition) is 5. The van der Waals surface area contributed by atoms with E-state index in [9.17, 15) is 0 Å². The molecule has 0 amide bonds. The van der Waals surface area contributed by atoms with Crippen LogP contribution in [-0.2, 0) is 6.42 Å². The Morgan fingerprint density at radius 1 is 1.15 bits per heavy atom. The largest absolute Gasteiger partial charge is 0.357 e. The first kappa shape index (κ1) is 15.0. The third kappa shape index (κ3) is 3.03. The highest BCUT2D eigenvalue weighted by Crippen LogP contribution is 2.32. The van der Waals surface area contributed by atoms with Gasteiger partial charge in [-0.15, -0.1) is 11.3 Å². The van der Waals surface area contributed by atoms with Crippen LogP contribution in [0.15, 0.2) is 6.07 Å². The minimum absolute atomic E-state index is 0.717. The molecule has 2 rings (SSSR count). The molecular formula is C15H24N4S. The van der Waals surface area contributed by atoms with Gasteiger partial charge in [0.05, 0.1) is 5.39 Å². The SMILES string of the molecule is CCCN(CCC)c1nc(NC)nc2sc(CC)cc12. The zero-order valence-electron chi connectivity index (χ0n) is 12.9. The first-order valence-electron chi connectivity index (χ1n) is 7.46. The minimum Gasteiger partial charge on any atom is -0.357 e. The number of hydrogen-bond donors (Lipinski definition) is 1. The summed E-state index contributed by atoms with van der Waals surface area (Å²) in [5.74, 6) is 1.80. The summed E-state index contributed by atoms with van der Waals surface area (Å²) in [5, 5.41) is 4.29. The first-order chi connectivity index (χ1) is 9.73. The van der Waals surface area contributed by atoms with Crippen molar-refractivity contribution in [2.24, 2.45) is 0 Å². The van der Waals surface area contributed by atoms with Crippen LogP contribution in [0.25, 0.3) is 10.2 Å². The van der Waals surface area contributed by atoms with Crippen LogP contribution in [0.3, 0.4) is 0 Å². The lowest BCUT2D eigenvalue weighted by atomic mass is 10.2. The van der Waals surface area contributed by atoms with Crippen LogP contribution in [0.4, 0.5) is 11.8 Å². The summed E-state index contributed by atoms with van der Waals surface area (Å²) in [7, 11) is 1.88. The Kier molecular flexibility index (Phi) is 5.17. The summed E-state index contributed by atoms with van der Waals surface area (Å²) >= 11 is 1.78. The van der Waals surface area contributed by atoms with Crippen molar-refractivity contribution in [2.75, 3.05) is 30.4 Å². The zero-order valence-corrected chi connectivity index (χ0v) is 13.7. The molecule has 0 bridgehead atoms. The van der Waals surface area contributed by atoms with Crippen molar-refractivity contribution in [3.8, 4) is 0 Å². The van der Waals surface area contributed by atoms with Crippen molar-refractivity contribution in [2.45, 2.75) is 40.0 Å². The number of anilines is 2. The van der Waals surface area contributed by atoms with Gasteiger partial charge in [-0.2, -0.15) is 4.98 Å². The molecule has 0 spiro atoms. The standard InChI is InChI=1S/C15H24N4S/c1-5-8-19(9-6-2)13-12-10-11(7-3)20-14(12)18-15(16-4)17-13/h10H,5-9H2,1-4H3,(H,16,17,18). The summed E-state index contributed by atoms with van der Waals surface area (Å²) in [6.45, 7) is 8.70. The molecule has 2 aromatic rings. The van der Waals surface area contributed by atoms with Gasteiger partial charge in [-0.05, 0) is 25.3 Å². The van der Waals surface area contributed by atoms with E-state index in [1.165, 1.54) is 10.3 Å². The molecule has 0 aliphatic rings. The molecule has 0 saturated heterocycles. The highest BCUT2D eigenvalue weighted by molar-refractivity contribution is 7.18. The number of rotatable bonds is 7. The van der Waals surface area contributed by atoms with Crippen LogP contribution < -0.4 is 10.2 Å². The molecule has 20 heavy (non-hydrogen) atoms. The zero-order chi connectivity index (χ0) is 14.5. The van der Waals surface area contributed by atoms with Crippen molar-refractivity contribution in [3.63, 3.8) is 0 Å². The fourth-order valence-electron chi connectivity index (χ4n) is 2.35. The first-order valence-corrected chi connectivity index (χ1v) is 8.28. The van der Waals surface area contributed by atoms with Gasteiger partial charge in [-0.3, -0.25) is 0 Å². The number of fused-ring (bicyclic) bond motifs is 1. The minimum atomic E-state index is 0.717. The van der Waals surface area contributed by atoms with Crippen LogP contribution >= 0.6 is 11.3 Å². The maximum Gasteiger partial charge on any atom is 0.225 e. The van der Waals surface area contributed by atoms with E-state index in [1.807, 2.05) is 7.05 Å². The molecule has 2 aromatic heterocycles. The summed E-state index contributed by atoms with van der Waals surface area (Å²) in [6.07, 6.45) is 3.31. The Labute approximate surface area is 125 Å². The molecule has 4 nitrogen and oxygen atoms in total. The van der Waals surface area contributed by atoms with E-state index in [-0.39, 0.29) is 0 Å². The molecule has 0 fully saturated rings. The molecule has 0 aliphatic heterocycles. The summed E-state index contributed by atoms with van der Waals surface area (Å²) in [5.41, 5.74) is 0. The van der Waals surface area contributed by atoms with Gasteiger partial charge in [0.1, 0.15) is 10.6 Å². The third-order valence-electron chi connectivity index (χ3n) is 3.28. The number of nitrogens with one attached hydrogen (secondary N) is 1. The molecule has 0 radical (unpaired) electrons. The highest BCUT2D eigenvalue weighted by Gasteiger charge is 2.15. The molecule has 0 aliphatic carbocycles. The van der Waals surface area contributed by atoms with Crippen molar-refractivity contribution < 1.29 is 0 Å². The molecule has 0 aromatic carbocycles. The lowest BCUT2D eigenvalue weighted by Crippen LogP contribution is -2.26. The number of aromatic nitrogens is 2. The van der Waals surface area contributed by atoms with Crippen molar-refractivity contribution in [1.82, 2.24) is 9.97 Å². The predicted octanol–water partition coefficient (Wildman–Crippen LogP) is 3.92. The molecule has 0 unspecified atom stereocenters. The van der Waals surface area contributed by atoms with Crippen molar-refractivity contribution in [1.29, 1.82) is 0 Å². The van der Waals surface area contributed by atoms with E-state index < -0.39 is 0 Å². The summed E-state index contributed by atoms with van der Waals surface area (Å²) in [4.78, 5) is 14.2. The van der Waals surface area contributed by atoms with Gasteiger partial charge in [-0.25, -0.2) is 4.98 Å². The third-order valence-corrected chi connectivity index (χ3v) is 4.46. The van der Waals surface area contributed by atoms with E-state index in [0.717, 1.165) is 43.0 Å². The lowest BCUT2D eigenvalue weighted by molar-refractivity contribution is 0.737. The average molecular weight is 292 g/mol. The van der Waals surface area contributed by atoms with Crippen molar-refractivity contribution >= 4 is 33.3 Å². The van der Waals surface area contributed by atoms with Gasteiger partial charge >= 0.3 is 0 Å². The Bertz CT molecular complexity index is 558. The second kappa shape index (κ2) is 6.88. The summed E-state index contributed by atoms with van der Waals surface area (Å²) < 4.78 is 0. The molecule has 5 heteroatoms. The molecule has 1 N–H and O–H groups in total. The van der Waals surface area contributed by atoms with E-state index >= 15 is 0 Å². The van der Waals surface area contributed by atoms with E-state index in [1.54, 1.807) is 11.3 Å². The topological polar surface area (TPSA) is 41.1 Å². The monoisotopic (exact) mass is 292 g/mol. The summed E-state index contributed by atoms with van der Waals surface area (Å²) in [6, 6.07) is 2.26. The van der Waals surface area contributed by atoms with Crippen molar-refractivity contribution in [3.05, 3.63) is 10.9 Å². The van der Waals surface area contributed by atoms with Gasteiger partial charge in [0.25, 0.3) is 0 Å². The van der Waals surface area contributed by atoms with Crippen LogP contribution in [0, 0.1) is 0 Å². The Hall–Kier alpha value is -1.36. The second-order valence-electron chi connectivity index (χ2n) is 4.89. The fraction of sp³-hybridized carbons (Fsp3) is 0.600. The maximum atomic E-state index is 4.71. The molecular weight excluding hydrogens is 268 g/mol. The fourth-order valence-corrected chi connectivity index (χ4v) is 3.31. The van der Waals surface area contributed by atoms with Gasteiger partial charge in [0, 0.05) is 25.0 Å². The van der Waals surface area contributed by atoms with Crippen LogP contribution in [0.5, 0.6) is 0 Å². The Morgan fingerprint density at radius 2 is 1.85 bits per heavy atom. The van der Waals surface area contributed by atoms with E-state index in [0.29, 0.717) is 5.95 Å². The molecule has 110 valence electrons. The number of aryl methyl sites for hydroxylation is 1. The van der Waals surface area contributed by atoms with E-state index in [2.05, 4.69) is 42.0 Å². The van der Waals surface area contributed by atoms with Gasteiger partial charge in [0.2, 0.25) is 5.95 Å². The quantitative estimate of drug-likeness (QED) is 0.839. The van der Waals surface area contributed by atoms with Crippen LogP contribution in [-0.4, -0.2) is 30.1 Å². The molecule has 2 heterocycles. The normalized spacial score (nSPS) is 11.0. The van der Waals surface area contributed by atoms with Crippen LogP contribution in [0.2, 0.25) is 0 Å². The molecule has 0 saturated carbocycles. The van der Waals surface area contributed by atoms with E-state index in [4.69, 9.17) is 4.98 Å². The maximum absolute atomic E-state index is 4.71. The van der Waals surface area contributed by atoms with Gasteiger partial charge in [-0.1, -0.05) is 20.8 Å². The lowest BCUT2D eigenvalue weighted by Gasteiger charge is -2.23. The average Bonchev–Trinajstić information content (AvgIpc) is 2.89. The highest BCUT2D eigenvalue weighted by atomic mass is 32.1. The molecule has 0 atom stereocenters. The number of nitrogens with zero attached hydrogens (tertiary/aromatic N) is 3. The smallest absolute Gasteiger partial charge is 0.225 e. The van der Waals surface area contributed by atoms with Gasteiger partial charge < -0.3 is 10.2 Å².